The molecule has 0 saturated heterocycles. The lowest BCUT2D eigenvalue weighted by molar-refractivity contribution is 0.0773. The van der Waals surface area contributed by atoms with E-state index in [2.05, 4.69) is 15.2 Å². The molecule has 1 aromatic heterocycles. The van der Waals surface area contributed by atoms with E-state index in [1.807, 2.05) is 6.07 Å². The molecule has 5 nitrogen and oxygen atoms in total. The van der Waals surface area contributed by atoms with Gasteiger partial charge in [-0.15, -0.1) is 0 Å². The number of aromatic amines is 1. The van der Waals surface area contributed by atoms with Crippen LogP contribution in [0, 0.1) is 0 Å². The van der Waals surface area contributed by atoms with E-state index in [-0.39, 0.29) is 11.7 Å². The highest BCUT2D eigenvalue weighted by Crippen LogP contribution is 2.23. The van der Waals surface area contributed by atoms with Crippen molar-refractivity contribution < 1.29 is 4.79 Å². The molecule has 0 bridgehead atoms. The molecule has 2 aromatic rings. The predicted octanol–water partition coefficient (Wildman–Crippen LogP) is 2.38. The molecule has 94 valence electrons. The summed E-state index contributed by atoms with van der Waals surface area (Å²) in [6, 6.07) is 5.25. The summed E-state index contributed by atoms with van der Waals surface area (Å²) in [6.07, 6.45) is 1.29. The topological polar surface area (TPSA) is 61.9 Å². The largest absolute Gasteiger partial charge is 0.335 e. The van der Waals surface area contributed by atoms with Crippen LogP contribution in [0.3, 0.4) is 0 Å². The van der Waals surface area contributed by atoms with E-state index in [1.165, 1.54) is 11.2 Å². The Kier molecular flexibility index (Phi) is 3.84. The smallest absolute Gasteiger partial charge is 0.291 e. The van der Waals surface area contributed by atoms with Crippen molar-refractivity contribution in [3.05, 3.63) is 46.0 Å². The summed E-state index contributed by atoms with van der Waals surface area (Å²) < 4.78 is 0. The third kappa shape index (κ3) is 2.80. The number of carbonyl (C=O) groups is 1. The molecule has 1 aromatic carbocycles. The second kappa shape index (κ2) is 5.37. The second-order valence-corrected chi connectivity index (χ2v) is 4.56. The van der Waals surface area contributed by atoms with Crippen LogP contribution in [0.15, 0.2) is 24.5 Å². The van der Waals surface area contributed by atoms with Crippen molar-refractivity contribution in [2.24, 2.45) is 0 Å². The van der Waals surface area contributed by atoms with Gasteiger partial charge in [-0.3, -0.25) is 9.89 Å². The van der Waals surface area contributed by atoms with Crippen molar-refractivity contribution in [2.45, 2.75) is 6.54 Å². The minimum absolute atomic E-state index is 0.206. The highest BCUT2D eigenvalue weighted by Gasteiger charge is 2.14. The summed E-state index contributed by atoms with van der Waals surface area (Å²) in [7, 11) is 1.67. The zero-order chi connectivity index (χ0) is 13.1. The first-order valence-electron chi connectivity index (χ1n) is 5.12. The molecule has 0 fully saturated rings. The van der Waals surface area contributed by atoms with Gasteiger partial charge in [0.15, 0.2) is 0 Å². The maximum Gasteiger partial charge on any atom is 0.291 e. The van der Waals surface area contributed by atoms with Gasteiger partial charge in [0.1, 0.15) is 6.33 Å². The lowest BCUT2D eigenvalue weighted by Gasteiger charge is -2.15. The summed E-state index contributed by atoms with van der Waals surface area (Å²) in [6.45, 7) is 0.413. The van der Waals surface area contributed by atoms with Gasteiger partial charge in [0.05, 0.1) is 10.0 Å². The molecule has 18 heavy (non-hydrogen) atoms. The summed E-state index contributed by atoms with van der Waals surface area (Å²) >= 11 is 11.7. The number of nitrogens with one attached hydrogen (secondary N) is 1. The van der Waals surface area contributed by atoms with Crippen LogP contribution in [0.2, 0.25) is 10.0 Å². The van der Waals surface area contributed by atoms with Crippen LogP contribution < -0.4 is 0 Å². The molecule has 0 atom stereocenters. The molecule has 1 heterocycles. The molecule has 0 radical (unpaired) electrons. The molecule has 0 saturated carbocycles. The Morgan fingerprint density at radius 2 is 2.17 bits per heavy atom. The summed E-state index contributed by atoms with van der Waals surface area (Å²) in [5.74, 6) is -0.0314. The van der Waals surface area contributed by atoms with Gasteiger partial charge in [-0.05, 0) is 17.7 Å². The van der Waals surface area contributed by atoms with Crippen molar-refractivity contribution in [1.82, 2.24) is 20.1 Å². The van der Waals surface area contributed by atoms with Crippen LogP contribution in [0.1, 0.15) is 16.2 Å². The SMILES string of the molecule is CN(Cc1ccc(Cl)c(Cl)c1)C(=O)c1ncn[nH]1. The molecule has 0 spiro atoms. The molecule has 0 unspecified atom stereocenters. The first kappa shape index (κ1) is 12.9. The number of benzene rings is 1. The van der Waals surface area contributed by atoms with Gasteiger partial charge in [-0.25, -0.2) is 4.98 Å². The van der Waals surface area contributed by atoms with Gasteiger partial charge in [0.2, 0.25) is 5.82 Å². The number of amides is 1. The number of hydrogen-bond donors (Lipinski definition) is 1. The summed E-state index contributed by atoms with van der Waals surface area (Å²) in [5.41, 5.74) is 0.889. The zero-order valence-electron chi connectivity index (χ0n) is 9.52. The fourth-order valence-electron chi connectivity index (χ4n) is 1.47. The van der Waals surface area contributed by atoms with Gasteiger partial charge in [0.25, 0.3) is 5.91 Å². The van der Waals surface area contributed by atoms with E-state index in [0.29, 0.717) is 16.6 Å². The van der Waals surface area contributed by atoms with Gasteiger partial charge < -0.3 is 4.90 Å². The van der Waals surface area contributed by atoms with Crippen molar-refractivity contribution in [1.29, 1.82) is 0 Å². The van der Waals surface area contributed by atoms with Crippen molar-refractivity contribution >= 4 is 29.1 Å². The molecule has 0 aliphatic carbocycles. The Hall–Kier alpha value is -1.59. The van der Waals surface area contributed by atoms with Gasteiger partial charge >= 0.3 is 0 Å². The highest BCUT2D eigenvalue weighted by molar-refractivity contribution is 6.42. The Labute approximate surface area is 114 Å². The number of nitrogens with zero attached hydrogens (tertiary/aromatic N) is 3. The fraction of sp³-hybridized carbons (Fsp3) is 0.182. The molecule has 0 aliphatic heterocycles. The monoisotopic (exact) mass is 284 g/mol. The van der Waals surface area contributed by atoms with Crippen LogP contribution in [0.25, 0.3) is 0 Å². The van der Waals surface area contributed by atoms with Gasteiger partial charge in [-0.2, -0.15) is 5.10 Å². The Morgan fingerprint density at radius 1 is 1.39 bits per heavy atom. The number of hydrogen-bond acceptors (Lipinski definition) is 3. The predicted molar refractivity (Wildman–Crippen MR) is 68.6 cm³/mol. The first-order valence-corrected chi connectivity index (χ1v) is 5.88. The van der Waals surface area contributed by atoms with E-state index in [0.717, 1.165) is 5.56 Å². The zero-order valence-corrected chi connectivity index (χ0v) is 11.0. The molecule has 2 rings (SSSR count). The van der Waals surface area contributed by atoms with Crippen LogP contribution in [0.5, 0.6) is 0 Å². The number of rotatable bonds is 3. The van der Waals surface area contributed by atoms with Crippen LogP contribution in [0.4, 0.5) is 0 Å². The number of H-pyrrole nitrogens is 1. The Balaban J connectivity index is 2.09. The normalized spacial score (nSPS) is 10.4. The average molecular weight is 285 g/mol. The van der Waals surface area contributed by atoms with Crippen LogP contribution >= 0.6 is 23.2 Å². The number of aromatic nitrogens is 3. The molecule has 0 aliphatic rings. The van der Waals surface area contributed by atoms with Gasteiger partial charge in [-0.1, -0.05) is 29.3 Å². The molecule has 1 amide bonds. The maximum absolute atomic E-state index is 11.9. The summed E-state index contributed by atoms with van der Waals surface area (Å²) in [5, 5.41) is 7.12. The van der Waals surface area contributed by atoms with E-state index < -0.39 is 0 Å². The Morgan fingerprint density at radius 3 is 2.78 bits per heavy atom. The van der Waals surface area contributed by atoms with E-state index in [4.69, 9.17) is 23.2 Å². The van der Waals surface area contributed by atoms with Gasteiger partial charge in [0, 0.05) is 13.6 Å². The van der Waals surface area contributed by atoms with Crippen molar-refractivity contribution in [3.63, 3.8) is 0 Å². The number of halogens is 2. The minimum Gasteiger partial charge on any atom is -0.335 e. The van der Waals surface area contributed by atoms with Crippen molar-refractivity contribution in [3.8, 4) is 0 Å². The second-order valence-electron chi connectivity index (χ2n) is 3.74. The molecule has 1 N–H and O–H groups in total. The third-order valence-electron chi connectivity index (χ3n) is 2.37. The summed E-state index contributed by atoms with van der Waals surface area (Å²) in [4.78, 5) is 17.2. The fourth-order valence-corrected chi connectivity index (χ4v) is 1.79. The quantitative estimate of drug-likeness (QED) is 0.941. The van der Waals surface area contributed by atoms with E-state index in [9.17, 15) is 4.79 Å². The standard InChI is InChI=1S/C11H10Cl2N4O/c1-17(11(18)10-14-6-15-16-10)5-7-2-3-8(12)9(13)4-7/h2-4,6H,5H2,1H3,(H,14,15,16). The lowest BCUT2D eigenvalue weighted by Crippen LogP contribution is -2.27. The minimum atomic E-state index is -0.237. The maximum atomic E-state index is 11.9. The molecular formula is C11H10Cl2N4O. The Bertz CT molecular complexity index is 556. The third-order valence-corrected chi connectivity index (χ3v) is 3.11. The van der Waals surface area contributed by atoms with Crippen LogP contribution in [-0.2, 0) is 6.54 Å². The van der Waals surface area contributed by atoms with Crippen LogP contribution in [-0.4, -0.2) is 33.0 Å². The van der Waals surface area contributed by atoms with E-state index >= 15 is 0 Å². The number of carbonyl (C=O) groups excluding carboxylic acids is 1. The highest BCUT2D eigenvalue weighted by atomic mass is 35.5. The molecular weight excluding hydrogens is 275 g/mol. The lowest BCUT2D eigenvalue weighted by atomic mass is 10.2. The van der Waals surface area contributed by atoms with E-state index in [1.54, 1.807) is 19.2 Å². The van der Waals surface area contributed by atoms with Crippen molar-refractivity contribution in [2.75, 3.05) is 7.05 Å². The molecule has 7 heteroatoms. The first-order chi connectivity index (χ1) is 8.58. The average Bonchev–Trinajstić information content (AvgIpc) is 2.86.